The maximum Gasteiger partial charge on any atom is 0.284 e. The number of rotatable bonds is 1. The number of hydrogen-bond donors (Lipinski definition) is 0. The largest absolute Gasteiger partial charge is 0.432 e. The van der Waals surface area contributed by atoms with Crippen LogP contribution in [0.4, 0.5) is 8.78 Å². The molecule has 13 heavy (non-hydrogen) atoms. The second-order valence-electron chi connectivity index (χ2n) is 2.44. The first kappa shape index (κ1) is 7.91. The van der Waals surface area contributed by atoms with Crippen molar-refractivity contribution in [3.63, 3.8) is 0 Å². The second-order valence-corrected chi connectivity index (χ2v) is 2.44. The third kappa shape index (κ3) is 1.42. The summed E-state index contributed by atoms with van der Waals surface area (Å²) in [6.45, 7) is 0. The van der Waals surface area contributed by atoms with E-state index in [1.807, 2.05) is 0 Å². The van der Waals surface area contributed by atoms with Gasteiger partial charge in [0.15, 0.2) is 17.4 Å². The Hall–Kier alpha value is -1.71. The van der Waals surface area contributed by atoms with Gasteiger partial charge in [-0.25, -0.2) is 13.8 Å². The topological polar surface area (TPSA) is 26.0 Å². The van der Waals surface area contributed by atoms with E-state index >= 15 is 0 Å². The van der Waals surface area contributed by atoms with Crippen LogP contribution >= 0.6 is 0 Å². The Morgan fingerprint density at radius 1 is 1.23 bits per heavy atom. The van der Waals surface area contributed by atoms with Crippen molar-refractivity contribution in [2.45, 2.75) is 0 Å². The Labute approximate surface area is 72.8 Å². The smallest absolute Gasteiger partial charge is 0.284 e. The number of nitrogens with zero attached hydrogens (tertiary/aromatic N) is 1. The molecule has 0 N–H and O–H groups in total. The van der Waals surface area contributed by atoms with Gasteiger partial charge in [-0.2, -0.15) is 0 Å². The van der Waals surface area contributed by atoms with Crippen LogP contribution in [-0.4, -0.2) is 4.98 Å². The summed E-state index contributed by atoms with van der Waals surface area (Å²) in [7, 11) is 0. The van der Waals surface area contributed by atoms with Crippen molar-refractivity contribution in [1.82, 2.24) is 4.98 Å². The number of oxazole rings is 1. The third-order valence-electron chi connectivity index (χ3n) is 1.59. The van der Waals surface area contributed by atoms with Crippen LogP contribution in [0.25, 0.3) is 11.3 Å². The summed E-state index contributed by atoms with van der Waals surface area (Å²) < 4.78 is 30.0. The van der Waals surface area contributed by atoms with Gasteiger partial charge in [0, 0.05) is 5.56 Å². The summed E-state index contributed by atoms with van der Waals surface area (Å²) in [5.74, 6) is -1.43. The monoisotopic (exact) mass is 180 g/mol. The fraction of sp³-hybridized carbons (Fsp3) is 0. The van der Waals surface area contributed by atoms with Crippen LogP contribution in [0.15, 0.2) is 28.8 Å². The summed E-state index contributed by atoms with van der Waals surface area (Å²) in [5.41, 5.74) is 0.438. The van der Waals surface area contributed by atoms with Crippen molar-refractivity contribution >= 4 is 0 Å². The van der Waals surface area contributed by atoms with E-state index in [4.69, 9.17) is 4.42 Å². The fourth-order valence-electron chi connectivity index (χ4n) is 0.970. The van der Waals surface area contributed by atoms with E-state index in [1.165, 1.54) is 12.3 Å². The number of benzene rings is 1. The lowest BCUT2D eigenvalue weighted by Gasteiger charge is -1.96. The van der Waals surface area contributed by atoms with Gasteiger partial charge in [0.2, 0.25) is 0 Å². The van der Waals surface area contributed by atoms with Crippen LogP contribution in [0.5, 0.6) is 0 Å². The Kier molecular flexibility index (Phi) is 1.81. The number of aromatic nitrogens is 1. The Morgan fingerprint density at radius 3 is 2.69 bits per heavy atom. The molecule has 0 saturated heterocycles. The van der Waals surface area contributed by atoms with E-state index in [2.05, 4.69) is 11.4 Å². The van der Waals surface area contributed by atoms with Gasteiger partial charge < -0.3 is 4.42 Å². The van der Waals surface area contributed by atoms with Crippen molar-refractivity contribution in [2.75, 3.05) is 0 Å². The zero-order valence-corrected chi connectivity index (χ0v) is 6.42. The molecule has 0 unspecified atom stereocenters. The second kappa shape index (κ2) is 2.97. The van der Waals surface area contributed by atoms with Gasteiger partial charge in [-0.15, -0.1) is 0 Å². The van der Waals surface area contributed by atoms with Gasteiger partial charge in [0.1, 0.15) is 0 Å². The highest BCUT2D eigenvalue weighted by Crippen LogP contribution is 2.20. The van der Waals surface area contributed by atoms with E-state index < -0.39 is 11.6 Å². The van der Waals surface area contributed by atoms with E-state index in [0.717, 1.165) is 12.1 Å². The molecule has 2 aromatic rings. The van der Waals surface area contributed by atoms with Crippen LogP contribution in [-0.2, 0) is 0 Å². The number of hydrogen-bond acceptors (Lipinski definition) is 2. The number of halogens is 2. The van der Waals surface area contributed by atoms with Gasteiger partial charge in [-0.1, -0.05) is 0 Å². The van der Waals surface area contributed by atoms with Gasteiger partial charge in [0.25, 0.3) is 6.39 Å². The standard InChI is InChI=1S/C9H4F2NO/c10-7-2-1-6(3-8(7)11)9-4-12-5-13-9/h1-4H. The first-order valence-electron chi connectivity index (χ1n) is 3.54. The molecule has 2 nitrogen and oxygen atoms in total. The van der Waals surface area contributed by atoms with E-state index in [-0.39, 0.29) is 0 Å². The summed E-state index contributed by atoms with van der Waals surface area (Å²) in [6, 6.07) is 3.49. The molecule has 4 heteroatoms. The quantitative estimate of drug-likeness (QED) is 0.673. The molecule has 0 aliphatic carbocycles. The first-order chi connectivity index (χ1) is 6.27. The van der Waals surface area contributed by atoms with Gasteiger partial charge in [-0.3, -0.25) is 0 Å². The van der Waals surface area contributed by atoms with E-state index in [0.29, 0.717) is 11.3 Å². The molecule has 1 aromatic carbocycles. The fourth-order valence-corrected chi connectivity index (χ4v) is 0.970. The lowest BCUT2D eigenvalue weighted by atomic mass is 10.2. The minimum Gasteiger partial charge on any atom is -0.432 e. The highest BCUT2D eigenvalue weighted by atomic mass is 19.2. The Balaban J connectivity index is 2.49. The summed E-state index contributed by atoms with van der Waals surface area (Å²) in [4.78, 5) is 3.54. The minimum atomic E-state index is -0.908. The highest BCUT2D eigenvalue weighted by Gasteiger charge is 2.06. The van der Waals surface area contributed by atoms with Crippen molar-refractivity contribution in [3.8, 4) is 11.3 Å². The zero-order chi connectivity index (χ0) is 9.26. The van der Waals surface area contributed by atoms with Crippen LogP contribution in [0.1, 0.15) is 0 Å². The molecule has 0 spiro atoms. The molecular formula is C9H4F2NO. The van der Waals surface area contributed by atoms with Crippen LogP contribution < -0.4 is 0 Å². The molecule has 0 aliphatic rings. The van der Waals surface area contributed by atoms with Gasteiger partial charge in [0.05, 0.1) is 6.20 Å². The minimum absolute atomic E-state index is 0.360. The highest BCUT2D eigenvalue weighted by molar-refractivity contribution is 5.55. The van der Waals surface area contributed by atoms with Crippen molar-refractivity contribution in [2.24, 2.45) is 0 Å². The lowest BCUT2D eigenvalue weighted by molar-refractivity contribution is 0.507. The Bertz CT molecular complexity index is 412. The average molecular weight is 180 g/mol. The van der Waals surface area contributed by atoms with E-state index in [1.54, 1.807) is 0 Å². The van der Waals surface area contributed by atoms with Gasteiger partial charge in [-0.05, 0) is 18.2 Å². The third-order valence-corrected chi connectivity index (χ3v) is 1.59. The van der Waals surface area contributed by atoms with Crippen LogP contribution in [0, 0.1) is 18.0 Å². The zero-order valence-electron chi connectivity index (χ0n) is 6.42. The molecule has 1 aromatic heterocycles. The van der Waals surface area contributed by atoms with Crippen molar-refractivity contribution in [3.05, 3.63) is 42.4 Å². The molecule has 0 atom stereocenters. The molecule has 0 fully saturated rings. The summed E-state index contributed by atoms with van der Waals surface area (Å²) in [5, 5.41) is 0. The molecule has 1 radical (unpaired) electrons. The molecule has 0 amide bonds. The summed E-state index contributed by atoms with van der Waals surface area (Å²) >= 11 is 0. The molecule has 2 rings (SSSR count). The summed E-state index contributed by atoms with van der Waals surface area (Å²) in [6.07, 6.45) is 3.60. The predicted molar refractivity (Wildman–Crippen MR) is 40.7 cm³/mol. The normalized spacial score (nSPS) is 10.3. The molecule has 0 bridgehead atoms. The van der Waals surface area contributed by atoms with Gasteiger partial charge >= 0.3 is 0 Å². The molecule has 0 saturated carbocycles. The van der Waals surface area contributed by atoms with Crippen molar-refractivity contribution in [1.29, 1.82) is 0 Å². The SMILES string of the molecule is Fc1ccc(-c2cn[c]o2)cc1F. The Morgan fingerprint density at radius 2 is 2.08 bits per heavy atom. The molecule has 1 heterocycles. The first-order valence-corrected chi connectivity index (χ1v) is 3.54. The van der Waals surface area contributed by atoms with Crippen LogP contribution in [0.3, 0.4) is 0 Å². The van der Waals surface area contributed by atoms with E-state index in [9.17, 15) is 8.78 Å². The maximum absolute atomic E-state index is 12.7. The van der Waals surface area contributed by atoms with Crippen LogP contribution in [0.2, 0.25) is 0 Å². The average Bonchev–Trinajstić information content (AvgIpc) is 2.62. The molecule has 65 valence electrons. The predicted octanol–water partition coefficient (Wildman–Crippen LogP) is 2.42. The maximum atomic E-state index is 12.7. The molecule has 0 aliphatic heterocycles. The lowest BCUT2D eigenvalue weighted by Crippen LogP contribution is -1.83. The molecular weight excluding hydrogens is 176 g/mol. The van der Waals surface area contributed by atoms with Crippen molar-refractivity contribution < 1.29 is 13.2 Å².